The molecular weight excluding hydrogens is 349 g/mol. The summed E-state index contributed by atoms with van der Waals surface area (Å²) in [5, 5.41) is 7.48. The zero-order chi connectivity index (χ0) is 18.6. The number of rotatable bonds is 8. The van der Waals surface area contributed by atoms with Crippen LogP contribution in [0.15, 0.2) is 24.5 Å². The van der Waals surface area contributed by atoms with Gasteiger partial charge < -0.3 is 14.8 Å². The molecule has 142 valence electrons. The molecule has 0 saturated heterocycles. The highest BCUT2D eigenvalue weighted by molar-refractivity contribution is 6.76. The number of hydrogen-bond acceptors (Lipinski definition) is 4. The fourth-order valence-corrected chi connectivity index (χ4v) is 3.62. The van der Waals surface area contributed by atoms with Gasteiger partial charge in [0.05, 0.1) is 6.20 Å². The lowest BCUT2D eigenvalue weighted by molar-refractivity contribution is 0.0784. The molecule has 2 heterocycles. The molecule has 1 aliphatic heterocycles. The lowest BCUT2D eigenvalue weighted by Crippen LogP contribution is -2.24. The van der Waals surface area contributed by atoms with E-state index in [1.54, 1.807) is 10.9 Å². The Hall–Kier alpha value is -1.70. The van der Waals surface area contributed by atoms with E-state index in [9.17, 15) is 4.39 Å². The molecule has 5 nitrogen and oxygen atoms in total. The number of benzene rings is 1. The molecule has 2 aromatic rings. The molecule has 1 aromatic carbocycles. The van der Waals surface area contributed by atoms with E-state index in [4.69, 9.17) is 9.47 Å². The van der Waals surface area contributed by atoms with Crippen molar-refractivity contribution in [3.8, 4) is 5.75 Å². The second kappa shape index (κ2) is 8.33. The summed E-state index contributed by atoms with van der Waals surface area (Å²) < 4.78 is 27.4. The Morgan fingerprint density at radius 1 is 1.31 bits per heavy atom. The number of fused-ring (bicyclic) bond motifs is 1. The van der Waals surface area contributed by atoms with Crippen LogP contribution in [0.4, 0.5) is 4.39 Å². The molecule has 26 heavy (non-hydrogen) atoms. The summed E-state index contributed by atoms with van der Waals surface area (Å²) in [5.41, 5.74) is 2.73. The molecule has 0 amide bonds. The van der Waals surface area contributed by atoms with Gasteiger partial charge in [-0.05, 0) is 30.6 Å². The second-order valence-corrected chi connectivity index (χ2v) is 13.6. The number of hydrogen-bond donors (Lipinski definition) is 1. The highest BCUT2D eigenvalue weighted by Gasteiger charge is 2.15. The van der Waals surface area contributed by atoms with E-state index >= 15 is 0 Å². The number of ether oxygens (including phenoxy) is 2. The van der Waals surface area contributed by atoms with Gasteiger partial charge in [0.15, 0.2) is 0 Å². The number of aromatic nitrogens is 2. The third-order valence-corrected chi connectivity index (χ3v) is 6.15. The summed E-state index contributed by atoms with van der Waals surface area (Å²) in [6.45, 7) is 10.0. The first-order valence-electron chi connectivity index (χ1n) is 9.15. The van der Waals surface area contributed by atoms with Gasteiger partial charge in [-0.25, -0.2) is 9.07 Å². The minimum atomic E-state index is -1.06. The van der Waals surface area contributed by atoms with Gasteiger partial charge in [-0.2, -0.15) is 5.10 Å². The summed E-state index contributed by atoms with van der Waals surface area (Å²) in [6, 6.07) is 4.56. The van der Waals surface area contributed by atoms with Gasteiger partial charge in [0, 0.05) is 44.6 Å². The zero-order valence-corrected chi connectivity index (χ0v) is 16.8. The van der Waals surface area contributed by atoms with Crippen LogP contribution in [0.1, 0.15) is 16.7 Å². The predicted molar refractivity (Wildman–Crippen MR) is 102 cm³/mol. The van der Waals surface area contributed by atoms with Gasteiger partial charge >= 0.3 is 0 Å². The minimum Gasteiger partial charge on any atom is -0.489 e. The molecule has 7 heteroatoms. The first-order chi connectivity index (χ1) is 12.4. The minimum absolute atomic E-state index is 0.198. The van der Waals surface area contributed by atoms with E-state index in [-0.39, 0.29) is 5.82 Å². The van der Waals surface area contributed by atoms with Crippen molar-refractivity contribution in [2.24, 2.45) is 0 Å². The van der Waals surface area contributed by atoms with Gasteiger partial charge in [0.1, 0.15) is 24.9 Å². The molecule has 0 saturated carbocycles. The average molecular weight is 378 g/mol. The summed E-state index contributed by atoms with van der Waals surface area (Å²) in [5.74, 6) is 0.374. The molecule has 3 rings (SSSR count). The smallest absolute Gasteiger partial charge is 0.139 e. The van der Waals surface area contributed by atoms with Crippen molar-refractivity contribution in [3.63, 3.8) is 0 Å². The number of nitrogens with one attached hydrogen (secondary N) is 1. The van der Waals surface area contributed by atoms with Gasteiger partial charge in [-0.1, -0.05) is 19.6 Å². The largest absolute Gasteiger partial charge is 0.489 e. The van der Waals surface area contributed by atoms with E-state index < -0.39 is 8.07 Å². The summed E-state index contributed by atoms with van der Waals surface area (Å²) >= 11 is 0. The van der Waals surface area contributed by atoms with E-state index in [2.05, 4.69) is 30.1 Å². The first kappa shape index (κ1) is 19.1. The topological polar surface area (TPSA) is 48.3 Å². The van der Waals surface area contributed by atoms with Crippen molar-refractivity contribution in [2.45, 2.75) is 52.0 Å². The van der Waals surface area contributed by atoms with Crippen molar-refractivity contribution in [1.29, 1.82) is 0 Å². The zero-order valence-electron chi connectivity index (χ0n) is 15.8. The first-order valence-corrected chi connectivity index (χ1v) is 12.9. The molecular formula is C19H28FN3O2Si. The normalized spacial score (nSPS) is 14.3. The maximum absolute atomic E-state index is 14.2. The maximum Gasteiger partial charge on any atom is 0.139 e. The summed E-state index contributed by atoms with van der Waals surface area (Å²) in [4.78, 5) is 0. The average Bonchev–Trinajstić information content (AvgIpc) is 3.04. The highest BCUT2D eigenvalue weighted by Crippen LogP contribution is 2.24. The molecule has 0 aliphatic carbocycles. The van der Waals surface area contributed by atoms with Crippen molar-refractivity contribution in [3.05, 3.63) is 47.0 Å². The molecule has 0 spiro atoms. The summed E-state index contributed by atoms with van der Waals surface area (Å²) in [6.07, 6.45) is 4.50. The molecule has 1 N–H and O–H groups in total. The third kappa shape index (κ3) is 5.39. The Balaban J connectivity index is 1.50. The van der Waals surface area contributed by atoms with Crippen molar-refractivity contribution in [2.75, 3.05) is 13.2 Å². The molecule has 1 aromatic heterocycles. The monoisotopic (exact) mass is 377 g/mol. The van der Waals surface area contributed by atoms with Crippen LogP contribution in [0.3, 0.4) is 0 Å². The van der Waals surface area contributed by atoms with Crippen LogP contribution in [0.5, 0.6) is 5.75 Å². The van der Waals surface area contributed by atoms with Crippen LogP contribution < -0.4 is 10.1 Å². The lowest BCUT2D eigenvalue weighted by Gasteiger charge is -2.18. The van der Waals surface area contributed by atoms with Crippen LogP contribution >= 0.6 is 0 Å². The van der Waals surface area contributed by atoms with Crippen LogP contribution in [-0.2, 0) is 31.0 Å². The number of halogens is 1. The molecule has 0 bridgehead atoms. The predicted octanol–water partition coefficient (Wildman–Crippen LogP) is 3.56. The van der Waals surface area contributed by atoms with E-state index in [1.165, 1.54) is 6.07 Å². The Morgan fingerprint density at radius 2 is 2.15 bits per heavy atom. The SMILES string of the molecule is C[Si](C)(C)CCOCn1cc(COc2cc(F)c3c(c2)CCNC3)cn1. The van der Waals surface area contributed by atoms with Crippen LogP contribution in [0.2, 0.25) is 25.7 Å². The van der Waals surface area contributed by atoms with Crippen molar-refractivity contribution >= 4 is 8.07 Å². The molecule has 0 atom stereocenters. The van der Waals surface area contributed by atoms with Gasteiger partial charge in [-0.15, -0.1) is 0 Å². The Bertz CT molecular complexity index is 743. The Labute approximate surface area is 155 Å². The van der Waals surface area contributed by atoms with E-state index in [0.29, 0.717) is 25.6 Å². The molecule has 0 unspecified atom stereocenters. The summed E-state index contributed by atoms with van der Waals surface area (Å²) in [7, 11) is -1.06. The third-order valence-electron chi connectivity index (χ3n) is 4.45. The van der Waals surface area contributed by atoms with Gasteiger partial charge in [-0.3, -0.25) is 0 Å². The van der Waals surface area contributed by atoms with E-state index in [1.807, 2.05) is 12.3 Å². The Kier molecular flexibility index (Phi) is 6.11. The van der Waals surface area contributed by atoms with Gasteiger partial charge in [0.25, 0.3) is 0 Å². The maximum atomic E-state index is 14.2. The molecule has 0 fully saturated rings. The quantitative estimate of drug-likeness (QED) is 0.564. The molecule has 1 aliphatic rings. The molecule has 0 radical (unpaired) electrons. The van der Waals surface area contributed by atoms with Crippen LogP contribution in [-0.4, -0.2) is 31.0 Å². The fraction of sp³-hybridized carbons (Fsp3) is 0.526. The number of nitrogens with zero attached hydrogens (tertiary/aromatic N) is 2. The highest BCUT2D eigenvalue weighted by atomic mass is 28.3. The standard InChI is InChI=1S/C19H28FN3O2Si/c1-26(2,3)7-6-24-14-23-12-15(10-22-23)13-25-17-8-16-4-5-21-11-18(16)19(20)9-17/h8-10,12,21H,4-7,11,13-14H2,1-3H3. The fourth-order valence-electron chi connectivity index (χ4n) is 2.86. The Morgan fingerprint density at radius 3 is 2.96 bits per heavy atom. The van der Waals surface area contributed by atoms with Gasteiger partial charge in [0.2, 0.25) is 0 Å². The van der Waals surface area contributed by atoms with Crippen LogP contribution in [0, 0.1) is 5.82 Å². The second-order valence-electron chi connectivity index (χ2n) is 7.99. The van der Waals surface area contributed by atoms with Crippen molar-refractivity contribution < 1.29 is 13.9 Å². The van der Waals surface area contributed by atoms with E-state index in [0.717, 1.165) is 42.3 Å². The lowest BCUT2D eigenvalue weighted by atomic mass is 10.0. The van der Waals surface area contributed by atoms with Crippen LogP contribution in [0.25, 0.3) is 0 Å². The van der Waals surface area contributed by atoms with Crippen molar-refractivity contribution in [1.82, 2.24) is 15.1 Å².